The second-order valence-corrected chi connectivity index (χ2v) is 15.2. The predicted molar refractivity (Wildman–Crippen MR) is 187 cm³/mol. The van der Waals surface area contributed by atoms with Gasteiger partial charge >= 0.3 is 83.9 Å². The highest BCUT2D eigenvalue weighted by Crippen LogP contribution is 2.65. The summed E-state index contributed by atoms with van der Waals surface area (Å²) in [6, 6.07) is -2.11. The summed E-state index contributed by atoms with van der Waals surface area (Å²) in [5.41, 5.74) is -7.62. The van der Waals surface area contributed by atoms with Gasteiger partial charge in [-0.25, -0.2) is 0 Å². The molecule has 0 atom stereocenters. The summed E-state index contributed by atoms with van der Waals surface area (Å²) in [7, 11) is 0. The van der Waals surface area contributed by atoms with E-state index in [1.165, 1.54) is 0 Å². The first-order chi connectivity index (χ1) is 33.1. The van der Waals surface area contributed by atoms with E-state index in [4.69, 9.17) is 11.5 Å². The van der Waals surface area contributed by atoms with Gasteiger partial charge in [-0.1, -0.05) is 24.3 Å². The minimum Gasteiger partial charge on any atom is -0.457 e. The number of halogens is 32. The molecule has 0 aliphatic heterocycles. The van der Waals surface area contributed by atoms with Crippen LogP contribution < -0.4 is 20.9 Å². The standard InChI is InChI=1S/C39H18F32N2O2/c40-26(41,28(44,45)30(48,49)32(52,53)34(56,57)38(66,67)68)21-13-17(72)5-11-23(21)74-19-7-1-15(2-8-19)25(36(60,61)62,37(63,64)65)16-3-9-20(10-4-16)75-24-12-6-18(73)14-22(24)27(42,43)29(46,47)31(50,51)33(54,55)35(58,59)39(69,70)71/h1-14H,72-73H2. The van der Waals surface area contributed by atoms with Crippen LogP contribution in [0.25, 0.3) is 0 Å². The third kappa shape index (κ3) is 9.09. The Labute approximate surface area is 392 Å². The van der Waals surface area contributed by atoms with Crippen molar-refractivity contribution in [1.29, 1.82) is 0 Å². The molecule has 0 aliphatic rings. The zero-order chi connectivity index (χ0) is 58.6. The normalized spacial score (nSPS) is 15.0. The van der Waals surface area contributed by atoms with Crippen molar-refractivity contribution in [3.63, 3.8) is 0 Å². The maximum absolute atomic E-state index is 15.2. The molecule has 4 aromatic rings. The van der Waals surface area contributed by atoms with Gasteiger partial charge < -0.3 is 20.9 Å². The molecule has 0 saturated heterocycles. The van der Waals surface area contributed by atoms with Gasteiger partial charge in [0, 0.05) is 11.4 Å². The molecule has 0 spiro atoms. The average Bonchev–Trinajstić information content (AvgIpc) is 3.23. The van der Waals surface area contributed by atoms with E-state index in [-0.39, 0.29) is 60.7 Å². The monoisotopic (exact) mass is 1150 g/mol. The van der Waals surface area contributed by atoms with Crippen molar-refractivity contribution in [3.8, 4) is 23.0 Å². The SMILES string of the molecule is Nc1ccc(Oc2ccc(C(c3ccc(Oc4ccc(N)cc4C(F)(F)C(F)(F)C(F)(F)C(F)(F)C(F)(F)C(F)(F)F)cc3)(C(F)(F)F)C(F)(F)F)cc2)c(C(F)(F)C(F)(F)C(F)(F)C(F)(F)C(F)(F)C(F)(F)F)c1. The summed E-state index contributed by atoms with van der Waals surface area (Å²) >= 11 is 0. The Balaban J connectivity index is 1.81. The third-order valence-corrected chi connectivity index (χ3v) is 10.4. The van der Waals surface area contributed by atoms with Crippen molar-refractivity contribution < 1.29 is 150 Å². The number of rotatable bonds is 16. The van der Waals surface area contributed by atoms with Gasteiger partial charge in [-0.15, -0.1) is 0 Å². The van der Waals surface area contributed by atoms with Crippen molar-refractivity contribution in [2.75, 3.05) is 11.5 Å². The minimum absolute atomic E-state index is 0.0733. The van der Waals surface area contributed by atoms with Crippen LogP contribution in [0.15, 0.2) is 84.9 Å². The summed E-state index contributed by atoms with van der Waals surface area (Å²) < 4.78 is 460. The van der Waals surface area contributed by atoms with E-state index in [0.29, 0.717) is 12.1 Å². The Morgan fingerprint density at radius 2 is 0.507 bits per heavy atom. The average molecular weight is 1150 g/mol. The highest BCUT2D eigenvalue weighted by atomic mass is 19.5. The molecule has 75 heavy (non-hydrogen) atoms. The first-order valence-corrected chi connectivity index (χ1v) is 18.6. The van der Waals surface area contributed by atoms with Gasteiger partial charge in [0.05, 0.1) is 11.1 Å². The molecule has 0 saturated carbocycles. The van der Waals surface area contributed by atoms with Crippen LogP contribution in [0.1, 0.15) is 22.3 Å². The molecule has 0 heterocycles. The van der Waals surface area contributed by atoms with Gasteiger partial charge in [-0.2, -0.15) is 140 Å². The van der Waals surface area contributed by atoms with Crippen molar-refractivity contribution in [2.45, 2.75) is 89.3 Å². The van der Waals surface area contributed by atoms with E-state index < -0.39 is 158 Å². The number of hydrogen-bond acceptors (Lipinski definition) is 4. The minimum atomic E-state index is -8.40. The van der Waals surface area contributed by atoms with E-state index in [1.807, 2.05) is 0 Å². The van der Waals surface area contributed by atoms with E-state index in [9.17, 15) is 123 Å². The van der Waals surface area contributed by atoms with Crippen molar-refractivity contribution in [2.24, 2.45) is 0 Å². The number of benzene rings is 4. The molecule has 4 aromatic carbocycles. The van der Waals surface area contributed by atoms with E-state index in [0.717, 1.165) is 0 Å². The maximum Gasteiger partial charge on any atom is 0.460 e. The van der Waals surface area contributed by atoms with Crippen LogP contribution in [0.5, 0.6) is 23.0 Å². The smallest absolute Gasteiger partial charge is 0.457 e. The summed E-state index contributed by atoms with van der Waals surface area (Å²) in [5.74, 6) is -87.0. The van der Waals surface area contributed by atoms with Crippen molar-refractivity contribution in [3.05, 3.63) is 107 Å². The lowest BCUT2D eigenvalue weighted by Gasteiger charge is -2.40. The lowest BCUT2D eigenvalue weighted by Crippen LogP contribution is -2.69. The fourth-order valence-electron chi connectivity index (χ4n) is 6.42. The van der Waals surface area contributed by atoms with Crippen molar-refractivity contribution in [1.82, 2.24) is 0 Å². The third-order valence-electron chi connectivity index (χ3n) is 10.4. The van der Waals surface area contributed by atoms with Crippen LogP contribution in [0.4, 0.5) is 152 Å². The topological polar surface area (TPSA) is 70.5 Å². The lowest BCUT2D eigenvalue weighted by molar-refractivity contribution is -0.441. The number of anilines is 2. The van der Waals surface area contributed by atoms with E-state index >= 15 is 17.6 Å². The number of nitrogens with two attached hydrogens (primary N) is 2. The fraction of sp³-hybridized carbons (Fsp3) is 0.385. The van der Waals surface area contributed by atoms with Gasteiger partial charge in [0.1, 0.15) is 23.0 Å². The van der Waals surface area contributed by atoms with Gasteiger partial charge in [0.2, 0.25) is 5.41 Å². The quantitative estimate of drug-likeness (QED) is 0.0866. The number of hydrogen-bond donors (Lipinski definition) is 2. The van der Waals surface area contributed by atoms with Gasteiger partial charge in [0.15, 0.2) is 0 Å². The Morgan fingerprint density at radius 3 is 0.733 bits per heavy atom. The first kappa shape index (κ1) is 61.4. The summed E-state index contributed by atoms with van der Waals surface area (Å²) in [6.07, 6.45) is -29.0. The highest BCUT2D eigenvalue weighted by Gasteiger charge is 2.92. The molecule has 0 bridgehead atoms. The second-order valence-electron chi connectivity index (χ2n) is 15.2. The number of alkyl halides is 32. The largest absolute Gasteiger partial charge is 0.460 e. The number of nitrogen functional groups attached to an aromatic ring is 2. The fourth-order valence-corrected chi connectivity index (χ4v) is 6.42. The van der Waals surface area contributed by atoms with Crippen LogP contribution in [0.3, 0.4) is 0 Å². The van der Waals surface area contributed by atoms with Gasteiger partial charge in [-0.3, -0.25) is 0 Å². The Bertz CT molecular complexity index is 2520. The van der Waals surface area contributed by atoms with Gasteiger partial charge in [0.25, 0.3) is 0 Å². The van der Waals surface area contributed by atoms with E-state index in [2.05, 4.69) is 9.47 Å². The zero-order valence-electron chi connectivity index (χ0n) is 34.6. The summed E-state index contributed by atoms with van der Waals surface area (Å²) in [4.78, 5) is 0. The van der Waals surface area contributed by atoms with Crippen LogP contribution in [-0.2, 0) is 17.3 Å². The Hall–Kier alpha value is -6.16. The molecular weight excluding hydrogens is 1140 g/mol. The number of ether oxygens (including phenoxy) is 2. The van der Waals surface area contributed by atoms with Crippen molar-refractivity contribution >= 4 is 11.4 Å². The Morgan fingerprint density at radius 1 is 0.267 bits per heavy atom. The second kappa shape index (κ2) is 18.0. The molecular formula is C39H18F32N2O2. The van der Waals surface area contributed by atoms with Crippen LogP contribution >= 0.6 is 0 Å². The molecule has 0 radical (unpaired) electrons. The van der Waals surface area contributed by atoms with Gasteiger partial charge in [-0.05, 0) is 71.8 Å². The van der Waals surface area contributed by atoms with Crippen LogP contribution in [0, 0.1) is 0 Å². The maximum atomic E-state index is 15.2. The molecule has 0 fully saturated rings. The molecule has 36 heteroatoms. The predicted octanol–water partition coefficient (Wildman–Crippen LogP) is 16.2. The molecule has 0 amide bonds. The molecule has 4 nitrogen and oxygen atoms in total. The molecule has 0 aromatic heterocycles. The Kier molecular flexibility index (Phi) is 14.7. The van der Waals surface area contributed by atoms with Crippen LogP contribution in [-0.4, -0.2) is 72.1 Å². The van der Waals surface area contributed by atoms with Crippen LogP contribution in [0.2, 0.25) is 0 Å². The molecule has 0 unspecified atom stereocenters. The lowest BCUT2D eigenvalue weighted by atomic mass is 9.73. The summed E-state index contributed by atoms with van der Waals surface area (Å²) in [6.45, 7) is 0. The molecule has 420 valence electrons. The first-order valence-electron chi connectivity index (χ1n) is 18.6. The molecule has 0 aliphatic carbocycles. The molecule has 4 N–H and O–H groups in total. The van der Waals surface area contributed by atoms with E-state index in [1.54, 1.807) is 0 Å². The summed E-state index contributed by atoms with van der Waals surface area (Å²) in [5, 5.41) is 0. The zero-order valence-corrected chi connectivity index (χ0v) is 34.6. The highest BCUT2D eigenvalue weighted by molar-refractivity contribution is 5.55. The molecule has 4 rings (SSSR count).